The molecule has 1 amide bonds. The van der Waals surface area contributed by atoms with Crippen LogP contribution in [0.15, 0.2) is 45.7 Å². The summed E-state index contributed by atoms with van der Waals surface area (Å²) in [6.07, 6.45) is 3.45. The summed E-state index contributed by atoms with van der Waals surface area (Å²) in [5.41, 5.74) is 2.18. The maximum absolute atomic E-state index is 12.7. The first-order valence-corrected chi connectivity index (χ1v) is 9.91. The summed E-state index contributed by atoms with van der Waals surface area (Å²) in [6, 6.07) is 8.86. The fraction of sp³-hybridized carbons (Fsp3) is 0.304. The van der Waals surface area contributed by atoms with Crippen molar-refractivity contribution in [2.45, 2.75) is 46.6 Å². The van der Waals surface area contributed by atoms with Crippen molar-refractivity contribution in [3.63, 3.8) is 0 Å². The number of nitrogens with zero attached hydrogens (tertiary/aromatic N) is 1. The molecule has 0 aliphatic heterocycles. The highest BCUT2D eigenvalue weighted by Crippen LogP contribution is 2.22. The monoisotopic (exact) mass is 408 g/mol. The number of amides is 1. The van der Waals surface area contributed by atoms with Gasteiger partial charge in [-0.3, -0.25) is 14.6 Å². The summed E-state index contributed by atoms with van der Waals surface area (Å²) < 4.78 is 10.7. The molecule has 2 heterocycles. The first-order chi connectivity index (χ1) is 14.4. The van der Waals surface area contributed by atoms with Crippen LogP contribution in [0, 0.1) is 6.92 Å². The van der Waals surface area contributed by atoms with Gasteiger partial charge < -0.3 is 14.5 Å². The van der Waals surface area contributed by atoms with Crippen LogP contribution in [0.1, 0.15) is 53.9 Å². The van der Waals surface area contributed by atoms with Crippen LogP contribution in [0.2, 0.25) is 0 Å². The number of carbonyl (C=O) groups excluding carboxylic acids is 2. The van der Waals surface area contributed by atoms with Gasteiger partial charge in [0, 0.05) is 29.3 Å². The predicted molar refractivity (Wildman–Crippen MR) is 113 cm³/mol. The molecule has 7 heteroatoms. The number of anilines is 1. The lowest BCUT2D eigenvalue weighted by molar-refractivity contribution is -0.144. The van der Waals surface area contributed by atoms with Crippen molar-refractivity contribution in [2.75, 3.05) is 5.32 Å². The molecule has 0 fully saturated rings. The van der Waals surface area contributed by atoms with Crippen molar-refractivity contribution in [2.24, 2.45) is 0 Å². The molecule has 0 saturated carbocycles. The quantitative estimate of drug-likeness (QED) is 0.590. The topological polar surface area (TPSA) is 98.5 Å². The first kappa shape index (κ1) is 21.2. The first-order valence-electron chi connectivity index (χ1n) is 9.91. The molecular formula is C23H24N2O5. The molecule has 1 aromatic carbocycles. The van der Waals surface area contributed by atoms with Crippen molar-refractivity contribution in [1.29, 1.82) is 0 Å². The lowest BCUT2D eigenvalue weighted by atomic mass is 10.1. The molecule has 0 aliphatic rings. The summed E-state index contributed by atoms with van der Waals surface area (Å²) in [4.78, 5) is 41.1. The highest BCUT2D eigenvalue weighted by Gasteiger charge is 2.18. The molecule has 0 atom stereocenters. The molecule has 156 valence electrons. The van der Waals surface area contributed by atoms with Gasteiger partial charge in [-0.15, -0.1) is 0 Å². The summed E-state index contributed by atoms with van der Waals surface area (Å²) >= 11 is 0. The normalized spacial score (nSPS) is 10.8. The van der Waals surface area contributed by atoms with Crippen LogP contribution in [0.3, 0.4) is 0 Å². The Balaban J connectivity index is 1.93. The van der Waals surface area contributed by atoms with Gasteiger partial charge in [0.1, 0.15) is 12.2 Å². The second-order valence-electron chi connectivity index (χ2n) is 6.97. The molecule has 0 aliphatic carbocycles. The number of fused-ring (bicyclic) bond motifs is 1. The minimum Gasteiger partial charge on any atom is -0.461 e. The molecule has 30 heavy (non-hydrogen) atoms. The fourth-order valence-electron chi connectivity index (χ4n) is 3.01. The third-order valence-corrected chi connectivity index (χ3v) is 4.74. The van der Waals surface area contributed by atoms with E-state index in [0.29, 0.717) is 35.2 Å². The van der Waals surface area contributed by atoms with E-state index in [0.717, 1.165) is 12.0 Å². The van der Waals surface area contributed by atoms with E-state index >= 15 is 0 Å². The number of benzene rings is 1. The largest absolute Gasteiger partial charge is 0.461 e. The van der Waals surface area contributed by atoms with Gasteiger partial charge in [-0.25, -0.2) is 4.79 Å². The van der Waals surface area contributed by atoms with Crippen molar-refractivity contribution in [3.8, 4) is 0 Å². The number of hydrogen-bond acceptors (Lipinski definition) is 6. The zero-order chi connectivity index (χ0) is 21.7. The summed E-state index contributed by atoms with van der Waals surface area (Å²) in [5.74, 6) is -0.893. The molecule has 3 aromatic rings. The minimum absolute atomic E-state index is 0.0180. The van der Waals surface area contributed by atoms with Gasteiger partial charge in [0.05, 0.1) is 5.69 Å². The Morgan fingerprint density at radius 3 is 2.57 bits per heavy atom. The SMILES string of the molecule is CCCC(=O)OCc1cnc(C)c2oc(=O)c(C(=O)Nc3ccc(CC)cc3)cc12. The Kier molecular flexibility index (Phi) is 6.61. The molecule has 2 aromatic heterocycles. The second kappa shape index (κ2) is 9.35. The van der Waals surface area contributed by atoms with Crippen LogP contribution in [0.25, 0.3) is 11.0 Å². The van der Waals surface area contributed by atoms with Gasteiger partial charge in [-0.1, -0.05) is 26.0 Å². The van der Waals surface area contributed by atoms with Crippen LogP contribution in [-0.2, 0) is 22.6 Å². The second-order valence-corrected chi connectivity index (χ2v) is 6.97. The lowest BCUT2D eigenvalue weighted by Crippen LogP contribution is -2.21. The molecule has 7 nitrogen and oxygen atoms in total. The van der Waals surface area contributed by atoms with E-state index in [1.54, 1.807) is 25.3 Å². The third-order valence-electron chi connectivity index (χ3n) is 4.74. The number of ether oxygens (including phenoxy) is 1. The van der Waals surface area contributed by atoms with Crippen molar-refractivity contribution >= 4 is 28.5 Å². The smallest absolute Gasteiger partial charge is 0.349 e. The van der Waals surface area contributed by atoms with E-state index in [4.69, 9.17) is 9.15 Å². The fourth-order valence-corrected chi connectivity index (χ4v) is 3.01. The summed E-state index contributed by atoms with van der Waals surface area (Å²) in [7, 11) is 0. The number of aryl methyl sites for hydroxylation is 2. The van der Waals surface area contributed by atoms with E-state index in [-0.39, 0.29) is 23.7 Å². The van der Waals surface area contributed by atoms with Gasteiger partial charge in [0.2, 0.25) is 0 Å². The van der Waals surface area contributed by atoms with Crippen LogP contribution in [-0.4, -0.2) is 16.9 Å². The highest BCUT2D eigenvalue weighted by molar-refractivity contribution is 6.05. The van der Waals surface area contributed by atoms with Crippen molar-refractivity contribution in [1.82, 2.24) is 4.98 Å². The van der Waals surface area contributed by atoms with Crippen LogP contribution in [0.4, 0.5) is 5.69 Å². The number of aromatic nitrogens is 1. The highest BCUT2D eigenvalue weighted by atomic mass is 16.5. The number of hydrogen-bond donors (Lipinski definition) is 1. The molecule has 3 rings (SSSR count). The van der Waals surface area contributed by atoms with Gasteiger partial charge in [0.25, 0.3) is 5.91 Å². The average molecular weight is 408 g/mol. The van der Waals surface area contributed by atoms with Crippen molar-refractivity contribution in [3.05, 3.63) is 69.3 Å². The van der Waals surface area contributed by atoms with E-state index in [9.17, 15) is 14.4 Å². The summed E-state index contributed by atoms with van der Waals surface area (Å²) in [6.45, 7) is 5.62. The molecular weight excluding hydrogens is 384 g/mol. The van der Waals surface area contributed by atoms with Gasteiger partial charge >= 0.3 is 11.6 Å². The molecule has 1 N–H and O–H groups in total. The maximum atomic E-state index is 12.7. The standard InChI is InChI=1S/C23H24N2O5/c1-4-6-20(26)29-13-16-12-24-14(3)21-18(16)11-19(23(28)30-21)22(27)25-17-9-7-15(5-2)8-10-17/h7-12H,4-6,13H2,1-3H3,(H,25,27). The minimum atomic E-state index is -0.754. The Hall–Kier alpha value is -3.48. The molecule has 0 unspecified atom stereocenters. The van der Waals surface area contributed by atoms with Crippen LogP contribution >= 0.6 is 0 Å². The van der Waals surface area contributed by atoms with Gasteiger partial charge in [-0.05, 0) is 43.5 Å². The Morgan fingerprint density at radius 2 is 1.90 bits per heavy atom. The Labute approximate surface area is 174 Å². The molecule has 0 bridgehead atoms. The Bertz CT molecular complexity index is 1130. The van der Waals surface area contributed by atoms with E-state index in [1.807, 2.05) is 26.0 Å². The maximum Gasteiger partial charge on any atom is 0.349 e. The third kappa shape index (κ3) is 4.74. The van der Waals surface area contributed by atoms with Crippen LogP contribution in [0.5, 0.6) is 0 Å². The number of carbonyl (C=O) groups is 2. The molecule has 0 saturated heterocycles. The van der Waals surface area contributed by atoms with E-state index in [2.05, 4.69) is 10.3 Å². The molecule has 0 radical (unpaired) electrons. The number of esters is 1. The van der Waals surface area contributed by atoms with Crippen LogP contribution < -0.4 is 10.9 Å². The van der Waals surface area contributed by atoms with Crippen molar-refractivity contribution < 1.29 is 18.7 Å². The average Bonchev–Trinajstić information content (AvgIpc) is 2.74. The Morgan fingerprint density at radius 1 is 1.17 bits per heavy atom. The van der Waals surface area contributed by atoms with E-state index < -0.39 is 11.5 Å². The summed E-state index contributed by atoms with van der Waals surface area (Å²) in [5, 5.41) is 3.23. The number of pyridine rings is 1. The lowest BCUT2D eigenvalue weighted by Gasteiger charge is -2.10. The number of nitrogens with one attached hydrogen (secondary N) is 1. The molecule has 0 spiro atoms. The van der Waals surface area contributed by atoms with Gasteiger partial charge in [0.15, 0.2) is 5.58 Å². The predicted octanol–water partition coefficient (Wildman–Crippen LogP) is 4.15. The number of rotatable bonds is 7. The van der Waals surface area contributed by atoms with E-state index in [1.165, 1.54) is 6.07 Å². The van der Waals surface area contributed by atoms with Gasteiger partial charge in [-0.2, -0.15) is 0 Å². The zero-order valence-corrected chi connectivity index (χ0v) is 17.3. The zero-order valence-electron chi connectivity index (χ0n) is 17.3.